The third-order valence-corrected chi connectivity index (χ3v) is 11.4. The van der Waals surface area contributed by atoms with Gasteiger partial charge in [-0.15, -0.1) is 0 Å². The van der Waals surface area contributed by atoms with Crippen molar-refractivity contribution in [1.82, 2.24) is 0 Å². The highest BCUT2D eigenvalue weighted by atomic mass is 16.3. The summed E-state index contributed by atoms with van der Waals surface area (Å²) in [5.41, 5.74) is 14.3. The van der Waals surface area contributed by atoms with E-state index in [4.69, 9.17) is 4.42 Å². The highest BCUT2D eigenvalue weighted by Crippen LogP contribution is 2.62. The molecular weight excluding hydrogens is 511 g/mol. The van der Waals surface area contributed by atoms with Gasteiger partial charge in [0.15, 0.2) is 5.58 Å². The van der Waals surface area contributed by atoms with Gasteiger partial charge in [-0.1, -0.05) is 92.6 Å². The van der Waals surface area contributed by atoms with Crippen molar-refractivity contribution in [2.75, 3.05) is 9.80 Å². The largest absolute Gasteiger partial charge is 0.454 e. The van der Waals surface area contributed by atoms with E-state index in [1.165, 1.54) is 70.4 Å². The van der Waals surface area contributed by atoms with Crippen LogP contribution in [0.25, 0.3) is 21.9 Å². The third kappa shape index (κ3) is 2.53. The Hall–Kier alpha value is -4.44. The Morgan fingerprint density at radius 3 is 2.21 bits per heavy atom. The first-order valence-electron chi connectivity index (χ1n) is 15.5. The van der Waals surface area contributed by atoms with E-state index in [2.05, 4.69) is 127 Å². The molecule has 1 aliphatic carbocycles. The Bertz CT molecular complexity index is 2130. The van der Waals surface area contributed by atoms with Gasteiger partial charge < -0.3 is 14.2 Å². The SMILES string of the molecule is CC12CCCCC1(C)N1c3ccccc3B3c4ccccc4N(c4cccc5c4oc4ccccc45)c4ccc2c1c43. The first-order valence-corrected chi connectivity index (χ1v) is 15.5. The van der Waals surface area contributed by atoms with Crippen LogP contribution in [0.4, 0.5) is 28.4 Å². The first kappa shape index (κ1) is 23.2. The summed E-state index contributed by atoms with van der Waals surface area (Å²) in [4.78, 5) is 5.27. The maximum absolute atomic E-state index is 6.63. The fourth-order valence-corrected chi connectivity index (χ4v) is 9.32. The number of hydrogen-bond acceptors (Lipinski definition) is 3. The van der Waals surface area contributed by atoms with Gasteiger partial charge >= 0.3 is 0 Å². The minimum Gasteiger partial charge on any atom is -0.454 e. The molecule has 0 N–H and O–H groups in total. The minimum absolute atomic E-state index is 0.0460. The lowest BCUT2D eigenvalue weighted by atomic mass is 9.33. The average Bonchev–Trinajstić information content (AvgIpc) is 3.51. The number of para-hydroxylation sites is 4. The van der Waals surface area contributed by atoms with Gasteiger partial charge in [0.2, 0.25) is 0 Å². The molecule has 4 heterocycles. The van der Waals surface area contributed by atoms with Crippen LogP contribution in [0.15, 0.2) is 108 Å². The van der Waals surface area contributed by atoms with E-state index in [-0.39, 0.29) is 17.7 Å². The zero-order valence-electron chi connectivity index (χ0n) is 24.0. The van der Waals surface area contributed by atoms with Gasteiger partial charge in [-0.25, -0.2) is 0 Å². The molecule has 0 radical (unpaired) electrons. The zero-order valence-corrected chi connectivity index (χ0v) is 24.0. The summed E-state index contributed by atoms with van der Waals surface area (Å²) in [6.07, 6.45) is 5.03. The van der Waals surface area contributed by atoms with Crippen LogP contribution in [0.1, 0.15) is 45.1 Å². The van der Waals surface area contributed by atoms with Crippen molar-refractivity contribution in [1.29, 1.82) is 0 Å². The Kier molecular flexibility index (Phi) is 4.24. The first-order chi connectivity index (χ1) is 20.6. The van der Waals surface area contributed by atoms with Crippen LogP contribution in [0, 0.1) is 0 Å². The molecule has 1 saturated carbocycles. The number of furan rings is 1. The molecule has 3 nitrogen and oxygen atoms in total. The maximum Gasteiger partial charge on any atom is 0.252 e. The van der Waals surface area contributed by atoms with Gasteiger partial charge in [0.1, 0.15) is 5.58 Å². The van der Waals surface area contributed by atoms with E-state index in [9.17, 15) is 0 Å². The predicted molar refractivity (Wildman–Crippen MR) is 176 cm³/mol. The zero-order chi connectivity index (χ0) is 27.8. The molecule has 202 valence electrons. The lowest BCUT2D eigenvalue weighted by Gasteiger charge is -2.52. The minimum atomic E-state index is 0.0460. The monoisotopic (exact) mass is 542 g/mol. The van der Waals surface area contributed by atoms with Crippen LogP contribution < -0.4 is 26.2 Å². The molecule has 2 unspecified atom stereocenters. The maximum atomic E-state index is 6.63. The number of rotatable bonds is 1. The van der Waals surface area contributed by atoms with Gasteiger partial charge in [0.05, 0.1) is 11.2 Å². The number of anilines is 5. The lowest BCUT2D eigenvalue weighted by Crippen LogP contribution is -2.64. The molecule has 4 aliphatic rings. The molecule has 0 saturated heterocycles. The Balaban J connectivity index is 1.34. The molecule has 2 atom stereocenters. The molecule has 0 spiro atoms. The highest BCUT2D eigenvalue weighted by molar-refractivity contribution is 7.00. The van der Waals surface area contributed by atoms with E-state index >= 15 is 0 Å². The summed E-state index contributed by atoms with van der Waals surface area (Å²) < 4.78 is 6.63. The van der Waals surface area contributed by atoms with Crippen molar-refractivity contribution >= 4 is 73.5 Å². The molecule has 0 amide bonds. The lowest BCUT2D eigenvalue weighted by molar-refractivity contribution is 0.195. The molecule has 6 aromatic rings. The standard InChI is InChI=1S/C38H31BN2O/c1-37-22-9-10-23-38(37,2)41-30-17-7-5-15-28(30)39-27-14-4-6-16-29(27)40(31-21-20-26(37)35(41)34(31)39)32-18-11-13-25-24-12-3-8-19-33(24)42-36(25)32/h3-8,11-21H,9-10,22-23H2,1-2H3. The molecule has 0 bridgehead atoms. The fourth-order valence-electron chi connectivity index (χ4n) is 9.32. The molecule has 3 aliphatic heterocycles. The summed E-state index contributed by atoms with van der Waals surface area (Å²) in [6, 6.07) is 38.2. The second-order valence-corrected chi connectivity index (χ2v) is 13.2. The number of hydrogen-bond donors (Lipinski definition) is 0. The number of nitrogens with zero attached hydrogens (tertiary/aromatic N) is 2. The summed E-state index contributed by atoms with van der Waals surface area (Å²) in [6.45, 7) is 5.28. The number of fused-ring (bicyclic) bond motifs is 11. The predicted octanol–water partition coefficient (Wildman–Crippen LogP) is 7.94. The third-order valence-electron chi connectivity index (χ3n) is 11.4. The summed E-state index contributed by atoms with van der Waals surface area (Å²) in [5.74, 6) is 0. The van der Waals surface area contributed by atoms with Crippen molar-refractivity contribution in [3.63, 3.8) is 0 Å². The molecule has 10 rings (SSSR count). The van der Waals surface area contributed by atoms with E-state index in [0.717, 1.165) is 27.6 Å². The normalized spacial score (nSPS) is 23.1. The van der Waals surface area contributed by atoms with E-state index in [0.29, 0.717) is 0 Å². The van der Waals surface area contributed by atoms with E-state index in [1.807, 2.05) is 0 Å². The average molecular weight is 542 g/mol. The summed E-state index contributed by atoms with van der Waals surface area (Å²) in [7, 11) is 0. The van der Waals surface area contributed by atoms with Crippen LogP contribution >= 0.6 is 0 Å². The van der Waals surface area contributed by atoms with Gasteiger partial charge in [-0.3, -0.25) is 0 Å². The van der Waals surface area contributed by atoms with Gasteiger partial charge in [-0.2, -0.15) is 0 Å². The van der Waals surface area contributed by atoms with Gasteiger partial charge in [0.25, 0.3) is 6.71 Å². The molecular formula is C38H31BN2O. The van der Waals surface area contributed by atoms with Gasteiger partial charge in [0, 0.05) is 38.9 Å². The number of benzene rings is 5. The van der Waals surface area contributed by atoms with Gasteiger partial charge in [-0.05, 0) is 72.0 Å². The second-order valence-electron chi connectivity index (χ2n) is 13.2. The van der Waals surface area contributed by atoms with Crippen LogP contribution in [-0.2, 0) is 5.41 Å². The topological polar surface area (TPSA) is 19.6 Å². The van der Waals surface area contributed by atoms with Crippen molar-refractivity contribution in [2.24, 2.45) is 0 Å². The Morgan fingerprint density at radius 2 is 1.33 bits per heavy atom. The van der Waals surface area contributed by atoms with Crippen molar-refractivity contribution < 1.29 is 4.42 Å². The van der Waals surface area contributed by atoms with Crippen LogP contribution in [0.2, 0.25) is 0 Å². The van der Waals surface area contributed by atoms with E-state index < -0.39 is 0 Å². The van der Waals surface area contributed by atoms with Crippen molar-refractivity contribution in [3.05, 3.63) is 109 Å². The summed E-state index contributed by atoms with van der Waals surface area (Å²) >= 11 is 0. The van der Waals surface area contributed by atoms with Crippen molar-refractivity contribution in [3.8, 4) is 0 Å². The van der Waals surface area contributed by atoms with Crippen LogP contribution in [0.3, 0.4) is 0 Å². The van der Waals surface area contributed by atoms with Crippen molar-refractivity contribution in [2.45, 2.75) is 50.5 Å². The summed E-state index contributed by atoms with van der Waals surface area (Å²) in [5, 5.41) is 2.33. The smallest absolute Gasteiger partial charge is 0.252 e. The van der Waals surface area contributed by atoms with Crippen LogP contribution in [-0.4, -0.2) is 12.3 Å². The molecule has 1 fully saturated rings. The molecule has 1 aromatic heterocycles. The molecule has 42 heavy (non-hydrogen) atoms. The Labute approximate surface area is 246 Å². The van der Waals surface area contributed by atoms with E-state index in [1.54, 1.807) is 0 Å². The quantitative estimate of drug-likeness (QED) is 0.196. The fraction of sp³-hybridized carbons (Fsp3) is 0.211. The highest BCUT2D eigenvalue weighted by Gasteiger charge is 2.61. The molecule has 5 aromatic carbocycles. The Morgan fingerprint density at radius 1 is 0.643 bits per heavy atom. The second kappa shape index (κ2) is 7.69. The van der Waals surface area contributed by atoms with Crippen LogP contribution in [0.5, 0.6) is 0 Å². The molecule has 4 heteroatoms.